The Bertz CT molecular complexity index is 604. The van der Waals surface area contributed by atoms with Crippen LogP contribution in [0.2, 0.25) is 0 Å². The molecule has 0 bridgehead atoms. The minimum absolute atomic E-state index is 0.0562. The molecule has 0 aliphatic carbocycles. The maximum absolute atomic E-state index is 12.0. The fourth-order valence-electron chi connectivity index (χ4n) is 1.46. The fourth-order valence-corrected chi connectivity index (χ4v) is 1.46. The SMILES string of the molecule is COc1cccc(C(=O)c2cc(C(=O)O)[nH]n2)c1. The number of ether oxygens (including phenoxy) is 1. The topological polar surface area (TPSA) is 92.3 Å². The first-order chi connectivity index (χ1) is 8.61. The van der Waals surface area contributed by atoms with Gasteiger partial charge in [-0.3, -0.25) is 9.89 Å². The monoisotopic (exact) mass is 246 g/mol. The van der Waals surface area contributed by atoms with E-state index in [9.17, 15) is 9.59 Å². The summed E-state index contributed by atoms with van der Waals surface area (Å²) in [6, 6.07) is 7.77. The number of hydrogen-bond acceptors (Lipinski definition) is 4. The molecule has 0 atom stereocenters. The maximum Gasteiger partial charge on any atom is 0.353 e. The highest BCUT2D eigenvalue weighted by atomic mass is 16.5. The third-order valence-corrected chi connectivity index (χ3v) is 2.37. The smallest absolute Gasteiger partial charge is 0.353 e. The number of carboxylic acid groups (broad SMARTS) is 1. The Morgan fingerprint density at radius 1 is 1.33 bits per heavy atom. The van der Waals surface area contributed by atoms with E-state index in [0.29, 0.717) is 11.3 Å². The third kappa shape index (κ3) is 2.22. The van der Waals surface area contributed by atoms with Crippen molar-refractivity contribution in [2.24, 2.45) is 0 Å². The molecule has 0 fully saturated rings. The van der Waals surface area contributed by atoms with Crippen LogP contribution in [0.25, 0.3) is 0 Å². The number of nitrogens with one attached hydrogen (secondary N) is 1. The van der Waals surface area contributed by atoms with Crippen molar-refractivity contribution < 1.29 is 19.4 Å². The summed E-state index contributed by atoms with van der Waals surface area (Å²) in [6.45, 7) is 0. The number of aromatic nitrogens is 2. The van der Waals surface area contributed by atoms with Gasteiger partial charge in [-0.2, -0.15) is 5.10 Å². The molecule has 0 spiro atoms. The van der Waals surface area contributed by atoms with Crippen LogP contribution in [0.4, 0.5) is 0 Å². The van der Waals surface area contributed by atoms with Gasteiger partial charge in [0.25, 0.3) is 0 Å². The number of hydrogen-bond donors (Lipinski definition) is 2. The average Bonchev–Trinajstić information content (AvgIpc) is 2.87. The first kappa shape index (κ1) is 11.8. The lowest BCUT2D eigenvalue weighted by atomic mass is 10.1. The normalized spacial score (nSPS) is 10.1. The van der Waals surface area contributed by atoms with Gasteiger partial charge in [-0.1, -0.05) is 12.1 Å². The second-order valence-corrected chi connectivity index (χ2v) is 3.53. The molecule has 0 amide bonds. The van der Waals surface area contributed by atoms with Crippen LogP contribution in [0.5, 0.6) is 5.75 Å². The van der Waals surface area contributed by atoms with Gasteiger partial charge in [-0.05, 0) is 12.1 Å². The fraction of sp³-hybridized carbons (Fsp3) is 0.0833. The predicted molar refractivity (Wildman–Crippen MR) is 62.0 cm³/mol. The van der Waals surface area contributed by atoms with E-state index in [1.807, 2.05) is 0 Å². The highest BCUT2D eigenvalue weighted by Gasteiger charge is 2.16. The van der Waals surface area contributed by atoms with Crippen LogP contribution in [0.1, 0.15) is 26.5 Å². The van der Waals surface area contributed by atoms with Crippen LogP contribution >= 0.6 is 0 Å². The molecule has 0 saturated heterocycles. The van der Waals surface area contributed by atoms with Crippen molar-refractivity contribution in [3.8, 4) is 5.75 Å². The lowest BCUT2D eigenvalue weighted by Gasteiger charge is -2.01. The van der Waals surface area contributed by atoms with Crippen LogP contribution in [0, 0.1) is 0 Å². The minimum Gasteiger partial charge on any atom is -0.497 e. The molecule has 2 rings (SSSR count). The molecule has 92 valence electrons. The van der Waals surface area contributed by atoms with Gasteiger partial charge in [0.2, 0.25) is 5.78 Å². The molecule has 0 radical (unpaired) electrons. The second kappa shape index (κ2) is 4.70. The van der Waals surface area contributed by atoms with Crippen molar-refractivity contribution in [3.63, 3.8) is 0 Å². The van der Waals surface area contributed by atoms with Crippen LogP contribution in [0.3, 0.4) is 0 Å². The molecule has 6 heteroatoms. The van der Waals surface area contributed by atoms with Crippen LogP contribution in [-0.4, -0.2) is 34.2 Å². The largest absolute Gasteiger partial charge is 0.497 e. The first-order valence-electron chi connectivity index (χ1n) is 5.09. The Kier molecular flexibility index (Phi) is 3.09. The Balaban J connectivity index is 2.32. The molecule has 6 nitrogen and oxygen atoms in total. The van der Waals surface area contributed by atoms with Crippen molar-refractivity contribution in [3.05, 3.63) is 47.3 Å². The Labute approximate surface area is 102 Å². The summed E-state index contributed by atoms with van der Waals surface area (Å²) < 4.78 is 5.01. The zero-order valence-corrected chi connectivity index (χ0v) is 9.51. The van der Waals surface area contributed by atoms with E-state index in [-0.39, 0.29) is 17.2 Å². The van der Waals surface area contributed by atoms with E-state index in [0.717, 1.165) is 0 Å². The van der Waals surface area contributed by atoms with Gasteiger partial charge in [0.05, 0.1) is 7.11 Å². The third-order valence-electron chi connectivity index (χ3n) is 2.37. The van der Waals surface area contributed by atoms with Crippen LogP contribution in [0.15, 0.2) is 30.3 Å². The number of carbonyl (C=O) groups is 2. The molecule has 2 aromatic rings. The molecule has 2 N–H and O–H groups in total. The van der Waals surface area contributed by atoms with Crippen LogP contribution < -0.4 is 4.74 Å². The zero-order chi connectivity index (χ0) is 13.1. The van der Waals surface area contributed by atoms with Gasteiger partial charge in [-0.15, -0.1) is 0 Å². The van der Waals surface area contributed by atoms with E-state index in [4.69, 9.17) is 9.84 Å². The van der Waals surface area contributed by atoms with Crippen molar-refractivity contribution in [1.82, 2.24) is 10.2 Å². The second-order valence-electron chi connectivity index (χ2n) is 3.53. The quantitative estimate of drug-likeness (QED) is 0.794. The minimum atomic E-state index is -1.16. The van der Waals surface area contributed by atoms with Crippen LogP contribution in [-0.2, 0) is 0 Å². The summed E-state index contributed by atoms with van der Waals surface area (Å²) in [7, 11) is 1.50. The van der Waals surface area contributed by atoms with Crippen molar-refractivity contribution in [2.45, 2.75) is 0 Å². The van der Waals surface area contributed by atoms with Gasteiger partial charge in [0.15, 0.2) is 0 Å². The number of rotatable bonds is 4. The van der Waals surface area contributed by atoms with Gasteiger partial charge < -0.3 is 9.84 Å². The number of nitrogens with zero attached hydrogens (tertiary/aromatic N) is 1. The number of ketones is 1. The molecule has 1 aromatic heterocycles. The van der Waals surface area contributed by atoms with Gasteiger partial charge in [0.1, 0.15) is 17.1 Å². The Morgan fingerprint density at radius 2 is 2.11 bits per heavy atom. The van der Waals surface area contributed by atoms with Crippen molar-refractivity contribution in [1.29, 1.82) is 0 Å². The van der Waals surface area contributed by atoms with Gasteiger partial charge in [0, 0.05) is 11.6 Å². The molecular formula is C12H10N2O4. The first-order valence-corrected chi connectivity index (χ1v) is 5.09. The number of aromatic carboxylic acids is 1. The summed E-state index contributed by atoms with van der Waals surface area (Å²) in [5, 5.41) is 14.7. The average molecular weight is 246 g/mol. The number of carbonyl (C=O) groups excluding carboxylic acids is 1. The number of H-pyrrole nitrogens is 1. The molecule has 0 aliphatic rings. The Morgan fingerprint density at radius 3 is 2.72 bits per heavy atom. The number of aromatic amines is 1. The number of carboxylic acids is 1. The summed E-state index contributed by atoms with van der Waals surface area (Å²) in [4.78, 5) is 22.7. The van der Waals surface area contributed by atoms with Gasteiger partial charge >= 0.3 is 5.97 Å². The zero-order valence-electron chi connectivity index (χ0n) is 9.51. The molecule has 1 heterocycles. The standard InChI is InChI=1S/C12H10N2O4/c1-18-8-4-2-3-7(5-8)11(15)9-6-10(12(16)17)14-13-9/h2-6H,1H3,(H,13,14)(H,16,17). The highest BCUT2D eigenvalue weighted by Crippen LogP contribution is 2.15. The predicted octanol–water partition coefficient (Wildman–Crippen LogP) is 1.35. The lowest BCUT2D eigenvalue weighted by Crippen LogP contribution is -2.02. The van der Waals surface area contributed by atoms with Crippen molar-refractivity contribution >= 4 is 11.8 Å². The molecule has 0 saturated carbocycles. The summed E-state index contributed by atoms with van der Waals surface area (Å²) in [6.07, 6.45) is 0. The highest BCUT2D eigenvalue weighted by molar-refractivity contribution is 6.08. The summed E-state index contributed by atoms with van der Waals surface area (Å²) in [5.41, 5.74) is 0.319. The van der Waals surface area contributed by atoms with E-state index < -0.39 is 5.97 Å². The van der Waals surface area contributed by atoms with E-state index >= 15 is 0 Å². The molecular weight excluding hydrogens is 236 g/mol. The molecule has 18 heavy (non-hydrogen) atoms. The lowest BCUT2D eigenvalue weighted by molar-refractivity contribution is 0.0690. The van der Waals surface area contributed by atoms with Gasteiger partial charge in [-0.25, -0.2) is 4.79 Å². The van der Waals surface area contributed by atoms with E-state index in [1.165, 1.54) is 13.2 Å². The molecule has 0 aliphatic heterocycles. The molecule has 1 aromatic carbocycles. The molecule has 0 unspecified atom stereocenters. The number of benzene rings is 1. The summed E-state index contributed by atoms with van der Waals surface area (Å²) in [5.74, 6) is -0.973. The van der Waals surface area contributed by atoms with E-state index in [2.05, 4.69) is 10.2 Å². The number of methoxy groups -OCH3 is 1. The van der Waals surface area contributed by atoms with E-state index in [1.54, 1.807) is 24.3 Å². The van der Waals surface area contributed by atoms with Crippen molar-refractivity contribution in [2.75, 3.05) is 7.11 Å². The Hall–Kier alpha value is -2.63. The summed E-state index contributed by atoms with van der Waals surface area (Å²) >= 11 is 0. The maximum atomic E-state index is 12.0.